The minimum absolute atomic E-state index is 0.00751. The van der Waals surface area contributed by atoms with Crippen LogP contribution < -0.4 is 24.8 Å². The van der Waals surface area contributed by atoms with E-state index in [0.29, 0.717) is 40.5 Å². The van der Waals surface area contributed by atoms with Crippen LogP contribution in [0.25, 0.3) is 12.2 Å². The maximum atomic E-state index is 13.5. The highest BCUT2D eigenvalue weighted by Gasteiger charge is 2.17. The SMILES string of the molecule is COc1ccc(/C=C(\NC(=O)c2ccccc2)C(=O)Nc2ccc(C(=O)/C=C/c3ccc(OCc4ccccc4)cc3)cc2)c(OC)c1. The van der Waals surface area contributed by atoms with Crippen molar-refractivity contribution in [3.05, 3.63) is 167 Å². The van der Waals surface area contributed by atoms with Gasteiger partial charge in [0.25, 0.3) is 11.8 Å². The van der Waals surface area contributed by atoms with E-state index < -0.39 is 11.8 Å². The van der Waals surface area contributed by atoms with Crippen LogP contribution in [0.15, 0.2) is 139 Å². The topological polar surface area (TPSA) is 103 Å². The van der Waals surface area contributed by atoms with E-state index in [1.165, 1.54) is 19.3 Å². The van der Waals surface area contributed by atoms with E-state index in [0.717, 1.165) is 16.9 Å². The molecule has 0 saturated heterocycles. The van der Waals surface area contributed by atoms with Crippen molar-refractivity contribution >= 4 is 35.4 Å². The first kappa shape index (κ1) is 33.0. The largest absolute Gasteiger partial charge is 0.497 e. The highest BCUT2D eigenvalue weighted by molar-refractivity contribution is 6.11. The fourth-order valence-corrected chi connectivity index (χ4v) is 4.64. The first-order valence-corrected chi connectivity index (χ1v) is 15.1. The standard InChI is InChI=1S/C40H34N2O6/c1-46-35-23-18-32(38(26-35)47-2)25-36(42-39(44)31-11-7-4-8-12-31)40(45)41-33-19-16-30(17-20-33)37(43)24-15-28-13-21-34(22-14-28)48-27-29-9-5-3-6-10-29/h3-26H,27H2,1-2H3,(H,41,45)(H,42,44)/b24-15+,36-25-. The van der Waals surface area contributed by atoms with Crippen molar-refractivity contribution in [2.24, 2.45) is 0 Å². The van der Waals surface area contributed by atoms with Crippen molar-refractivity contribution in [3.63, 3.8) is 0 Å². The molecule has 2 amide bonds. The molecule has 0 aliphatic rings. The molecule has 0 aliphatic heterocycles. The van der Waals surface area contributed by atoms with Crippen LogP contribution in [0.4, 0.5) is 5.69 Å². The number of hydrogen-bond donors (Lipinski definition) is 2. The Hall–Kier alpha value is -6.41. The van der Waals surface area contributed by atoms with E-state index in [4.69, 9.17) is 14.2 Å². The van der Waals surface area contributed by atoms with Gasteiger partial charge in [0, 0.05) is 28.4 Å². The minimum atomic E-state index is -0.563. The number of ether oxygens (including phenoxy) is 3. The molecular weight excluding hydrogens is 604 g/mol. The molecule has 8 nitrogen and oxygen atoms in total. The molecule has 5 rings (SSSR count). The van der Waals surface area contributed by atoms with Crippen LogP contribution in [0.2, 0.25) is 0 Å². The van der Waals surface area contributed by atoms with Gasteiger partial charge in [0.2, 0.25) is 0 Å². The lowest BCUT2D eigenvalue weighted by molar-refractivity contribution is -0.113. The highest BCUT2D eigenvalue weighted by Crippen LogP contribution is 2.27. The van der Waals surface area contributed by atoms with E-state index >= 15 is 0 Å². The number of rotatable bonds is 13. The van der Waals surface area contributed by atoms with Gasteiger partial charge in [0.05, 0.1) is 14.2 Å². The molecule has 0 fully saturated rings. The molecule has 240 valence electrons. The summed E-state index contributed by atoms with van der Waals surface area (Å²) in [5.74, 6) is 0.561. The third-order valence-electron chi connectivity index (χ3n) is 7.25. The third kappa shape index (κ3) is 9.08. The van der Waals surface area contributed by atoms with E-state index in [1.54, 1.807) is 86.0 Å². The number of hydrogen-bond acceptors (Lipinski definition) is 6. The minimum Gasteiger partial charge on any atom is -0.497 e. The van der Waals surface area contributed by atoms with Gasteiger partial charge in [0.1, 0.15) is 29.6 Å². The average molecular weight is 639 g/mol. The van der Waals surface area contributed by atoms with Gasteiger partial charge in [-0.15, -0.1) is 0 Å². The maximum absolute atomic E-state index is 13.5. The van der Waals surface area contributed by atoms with Gasteiger partial charge in [-0.1, -0.05) is 66.7 Å². The quantitative estimate of drug-likeness (QED) is 0.102. The molecule has 0 atom stereocenters. The van der Waals surface area contributed by atoms with Crippen molar-refractivity contribution in [3.8, 4) is 17.2 Å². The number of ketones is 1. The Morgan fingerprint density at radius 2 is 1.35 bits per heavy atom. The van der Waals surface area contributed by atoms with E-state index in [1.807, 2.05) is 54.6 Å². The van der Waals surface area contributed by atoms with Crippen molar-refractivity contribution in [2.45, 2.75) is 6.61 Å². The van der Waals surface area contributed by atoms with Gasteiger partial charge < -0.3 is 24.8 Å². The number of allylic oxidation sites excluding steroid dienone is 1. The van der Waals surface area contributed by atoms with E-state index in [2.05, 4.69) is 10.6 Å². The summed E-state index contributed by atoms with van der Waals surface area (Å²) >= 11 is 0. The van der Waals surface area contributed by atoms with Crippen LogP contribution >= 0.6 is 0 Å². The first-order valence-electron chi connectivity index (χ1n) is 15.1. The second-order valence-corrected chi connectivity index (χ2v) is 10.6. The second-order valence-electron chi connectivity index (χ2n) is 10.6. The lowest BCUT2D eigenvalue weighted by Gasteiger charge is -2.13. The summed E-state index contributed by atoms with van der Waals surface area (Å²) in [7, 11) is 3.05. The van der Waals surface area contributed by atoms with Crippen molar-refractivity contribution in [1.29, 1.82) is 0 Å². The van der Waals surface area contributed by atoms with Gasteiger partial charge in [-0.3, -0.25) is 14.4 Å². The molecule has 0 radical (unpaired) electrons. The zero-order valence-corrected chi connectivity index (χ0v) is 26.5. The summed E-state index contributed by atoms with van der Waals surface area (Å²) in [6.45, 7) is 0.475. The molecule has 5 aromatic rings. The molecule has 0 unspecified atom stereocenters. The second kappa shape index (κ2) is 16.2. The Morgan fingerprint density at radius 3 is 2.02 bits per heavy atom. The zero-order chi connectivity index (χ0) is 33.7. The number of nitrogens with one attached hydrogen (secondary N) is 2. The predicted molar refractivity (Wildman–Crippen MR) is 187 cm³/mol. The molecule has 48 heavy (non-hydrogen) atoms. The molecule has 5 aromatic carbocycles. The fourth-order valence-electron chi connectivity index (χ4n) is 4.64. The molecule has 0 heterocycles. The normalized spacial score (nSPS) is 11.1. The lowest BCUT2D eigenvalue weighted by Crippen LogP contribution is -2.30. The van der Waals surface area contributed by atoms with Crippen LogP contribution in [0.3, 0.4) is 0 Å². The summed E-state index contributed by atoms with van der Waals surface area (Å²) < 4.78 is 16.6. The number of benzene rings is 5. The Kier molecular flexibility index (Phi) is 11.2. The Balaban J connectivity index is 1.25. The smallest absolute Gasteiger partial charge is 0.272 e. The summed E-state index contributed by atoms with van der Waals surface area (Å²) in [6.07, 6.45) is 4.76. The summed E-state index contributed by atoms with van der Waals surface area (Å²) in [5, 5.41) is 5.51. The molecular formula is C40H34N2O6. The average Bonchev–Trinajstić information content (AvgIpc) is 3.14. The van der Waals surface area contributed by atoms with Gasteiger partial charge >= 0.3 is 0 Å². The van der Waals surface area contributed by atoms with Gasteiger partial charge in [0.15, 0.2) is 5.78 Å². The molecule has 0 aromatic heterocycles. The summed E-state index contributed by atoms with van der Waals surface area (Å²) in [4.78, 5) is 39.4. The monoisotopic (exact) mass is 638 g/mol. The number of methoxy groups -OCH3 is 2. The summed E-state index contributed by atoms with van der Waals surface area (Å²) in [5.41, 5.74) is 3.76. The van der Waals surface area contributed by atoms with Crippen LogP contribution in [0.5, 0.6) is 17.2 Å². The van der Waals surface area contributed by atoms with Crippen LogP contribution in [0.1, 0.15) is 37.4 Å². The Bertz CT molecular complexity index is 1920. The molecule has 0 spiro atoms. The molecule has 0 saturated carbocycles. The molecule has 0 bridgehead atoms. The number of amides is 2. The van der Waals surface area contributed by atoms with Gasteiger partial charge in [-0.05, 0) is 83.9 Å². The maximum Gasteiger partial charge on any atom is 0.272 e. The third-order valence-corrected chi connectivity index (χ3v) is 7.25. The highest BCUT2D eigenvalue weighted by atomic mass is 16.5. The number of carbonyl (C=O) groups is 3. The number of carbonyl (C=O) groups excluding carboxylic acids is 3. The summed E-state index contributed by atoms with van der Waals surface area (Å²) in [6, 6.07) is 37.6. The molecule has 8 heteroatoms. The van der Waals surface area contributed by atoms with Crippen molar-refractivity contribution < 1.29 is 28.6 Å². The van der Waals surface area contributed by atoms with Crippen molar-refractivity contribution in [2.75, 3.05) is 19.5 Å². The molecule has 0 aliphatic carbocycles. The van der Waals surface area contributed by atoms with Gasteiger partial charge in [-0.25, -0.2) is 0 Å². The Labute approximate surface area is 279 Å². The van der Waals surface area contributed by atoms with Crippen LogP contribution in [-0.2, 0) is 11.4 Å². The van der Waals surface area contributed by atoms with E-state index in [-0.39, 0.29) is 11.5 Å². The fraction of sp³-hybridized carbons (Fsp3) is 0.0750. The van der Waals surface area contributed by atoms with Crippen molar-refractivity contribution in [1.82, 2.24) is 5.32 Å². The van der Waals surface area contributed by atoms with Crippen LogP contribution in [0, 0.1) is 0 Å². The number of anilines is 1. The lowest BCUT2D eigenvalue weighted by atomic mass is 10.1. The first-order chi connectivity index (χ1) is 23.4. The predicted octanol–water partition coefficient (Wildman–Crippen LogP) is 7.59. The molecule has 2 N–H and O–H groups in total. The zero-order valence-electron chi connectivity index (χ0n) is 26.5. The Morgan fingerprint density at radius 1 is 0.688 bits per heavy atom. The van der Waals surface area contributed by atoms with Crippen LogP contribution in [-0.4, -0.2) is 31.8 Å². The van der Waals surface area contributed by atoms with Gasteiger partial charge in [-0.2, -0.15) is 0 Å². The van der Waals surface area contributed by atoms with E-state index in [9.17, 15) is 14.4 Å².